The largest absolute Gasteiger partial charge is 0.457 e. The number of benzene rings is 2. The van der Waals surface area contributed by atoms with Gasteiger partial charge in [-0.1, -0.05) is 37.3 Å². The summed E-state index contributed by atoms with van der Waals surface area (Å²) in [6.07, 6.45) is 3.91. The molecule has 0 N–H and O–H groups in total. The van der Waals surface area contributed by atoms with Crippen LogP contribution in [0.2, 0.25) is 0 Å². The van der Waals surface area contributed by atoms with Gasteiger partial charge in [-0.2, -0.15) is 0 Å². The van der Waals surface area contributed by atoms with E-state index in [4.69, 9.17) is 9.47 Å². The van der Waals surface area contributed by atoms with Crippen LogP contribution in [0.25, 0.3) is 6.08 Å². The van der Waals surface area contributed by atoms with E-state index in [0.29, 0.717) is 5.56 Å². The first-order chi connectivity index (χ1) is 13.2. The van der Waals surface area contributed by atoms with Crippen LogP contribution in [0, 0.1) is 6.92 Å². The molecule has 0 unspecified atom stereocenters. The molecule has 0 bridgehead atoms. The maximum absolute atomic E-state index is 12.5. The first-order valence-electron chi connectivity index (χ1n) is 9.45. The van der Waals surface area contributed by atoms with Crippen LogP contribution >= 0.6 is 0 Å². The second-order valence-corrected chi connectivity index (χ2v) is 7.65. The third-order valence-corrected chi connectivity index (χ3v) is 4.09. The molecule has 0 heterocycles. The van der Waals surface area contributed by atoms with Crippen molar-refractivity contribution in [3.63, 3.8) is 0 Å². The van der Waals surface area contributed by atoms with E-state index in [1.54, 1.807) is 12.1 Å². The zero-order valence-corrected chi connectivity index (χ0v) is 17.2. The molecule has 0 spiro atoms. The summed E-state index contributed by atoms with van der Waals surface area (Å²) in [6.45, 7) is 9.66. The molecule has 2 aromatic rings. The van der Waals surface area contributed by atoms with Crippen molar-refractivity contribution < 1.29 is 19.1 Å². The SMILES string of the molecule is CCc1cc(C(=O)OCc2ccccc2)cc(C)c1/C=C/C(=O)OC(C)(C)C. The van der Waals surface area contributed by atoms with Crippen LogP contribution in [-0.4, -0.2) is 17.5 Å². The predicted octanol–water partition coefficient (Wildman–Crippen LogP) is 5.27. The van der Waals surface area contributed by atoms with Gasteiger partial charge in [-0.3, -0.25) is 0 Å². The molecule has 28 heavy (non-hydrogen) atoms. The average molecular weight is 380 g/mol. The van der Waals surface area contributed by atoms with Gasteiger partial charge in [-0.25, -0.2) is 9.59 Å². The molecule has 148 valence electrons. The molecule has 0 atom stereocenters. The number of carbonyl (C=O) groups is 2. The lowest BCUT2D eigenvalue weighted by Crippen LogP contribution is -2.22. The third kappa shape index (κ3) is 6.38. The van der Waals surface area contributed by atoms with Crippen molar-refractivity contribution in [2.75, 3.05) is 0 Å². The molecule has 0 saturated carbocycles. The minimum atomic E-state index is -0.531. The highest BCUT2D eigenvalue weighted by molar-refractivity contribution is 5.91. The number of hydrogen-bond acceptors (Lipinski definition) is 4. The average Bonchev–Trinajstić information content (AvgIpc) is 2.63. The van der Waals surface area contributed by atoms with Crippen molar-refractivity contribution in [1.29, 1.82) is 0 Å². The maximum atomic E-state index is 12.5. The van der Waals surface area contributed by atoms with Gasteiger partial charge < -0.3 is 9.47 Å². The van der Waals surface area contributed by atoms with Crippen LogP contribution < -0.4 is 0 Å². The van der Waals surface area contributed by atoms with E-state index in [0.717, 1.165) is 28.7 Å². The fourth-order valence-electron chi connectivity index (χ4n) is 2.81. The molecule has 0 radical (unpaired) electrons. The molecule has 0 aliphatic heterocycles. The van der Waals surface area contributed by atoms with Crippen molar-refractivity contribution in [3.05, 3.63) is 76.4 Å². The van der Waals surface area contributed by atoms with Crippen molar-refractivity contribution >= 4 is 18.0 Å². The molecule has 2 rings (SSSR count). The molecule has 0 aliphatic carbocycles. The summed E-state index contributed by atoms with van der Waals surface area (Å²) >= 11 is 0. The Morgan fingerprint density at radius 2 is 1.75 bits per heavy atom. The Morgan fingerprint density at radius 1 is 1.07 bits per heavy atom. The molecule has 0 aliphatic rings. The Hall–Kier alpha value is -2.88. The molecule has 4 nitrogen and oxygen atoms in total. The van der Waals surface area contributed by atoms with Gasteiger partial charge in [0.25, 0.3) is 0 Å². The zero-order chi connectivity index (χ0) is 20.7. The Bertz CT molecular complexity index is 858. The smallest absolute Gasteiger partial charge is 0.338 e. The van der Waals surface area contributed by atoms with Crippen molar-refractivity contribution in [2.24, 2.45) is 0 Å². The molecular weight excluding hydrogens is 352 g/mol. The summed E-state index contributed by atoms with van der Waals surface area (Å²) in [7, 11) is 0. The van der Waals surface area contributed by atoms with Gasteiger partial charge in [0.05, 0.1) is 5.56 Å². The summed E-state index contributed by atoms with van der Waals surface area (Å²) in [6, 6.07) is 13.2. The fourth-order valence-corrected chi connectivity index (χ4v) is 2.81. The number of ether oxygens (including phenoxy) is 2. The van der Waals surface area contributed by atoms with E-state index in [1.165, 1.54) is 6.08 Å². The zero-order valence-electron chi connectivity index (χ0n) is 17.2. The summed E-state index contributed by atoms with van der Waals surface area (Å²) in [5, 5.41) is 0. The lowest BCUT2D eigenvalue weighted by Gasteiger charge is -2.18. The van der Waals surface area contributed by atoms with Gasteiger partial charge in [0.2, 0.25) is 0 Å². The van der Waals surface area contributed by atoms with Crippen molar-refractivity contribution in [3.8, 4) is 0 Å². The third-order valence-electron chi connectivity index (χ3n) is 4.09. The first kappa shape index (κ1) is 21.4. The highest BCUT2D eigenvalue weighted by Crippen LogP contribution is 2.21. The highest BCUT2D eigenvalue weighted by atomic mass is 16.6. The van der Waals surface area contributed by atoms with E-state index >= 15 is 0 Å². The summed E-state index contributed by atoms with van der Waals surface area (Å²) in [4.78, 5) is 24.4. The van der Waals surface area contributed by atoms with Crippen molar-refractivity contribution in [1.82, 2.24) is 0 Å². The van der Waals surface area contributed by atoms with Gasteiger partial charge in [0.15, 0.2) is 0 Å². The molecule has 0 fully saturated rings. The van der Waals surface area contributed by atoms with Crippen molar-refractivity contribution in [2.45, 2.75) is 53.2 Å². The number of carbonyl (C=O) groups excluding carboxylic acids is 2. The second kappa shape index (κ2) is 9.36. The number of hydrogen-bond donors (Lipinski definition) is 0. The minimum Gasteiger partial charge on any atom is -0.457 e. The van der Waals surface area contributed by atoms with Crippen LogP contribution in [-0.2, 0) is 27.3 Å². The monoisotopic (exact) mass is 380 g/mol. The molecule has 4 heteroatoms. The Kier molecular flexibility index (Phi) is 7.16. The standard InChI is InChI=1S/C24H28O4/c1-6-19-15-20(23(26)27-16-18-10-8-7-9-11-18)14-17(2)21(19)12-13-22(25)28-24(3,4)5/h7-15H,6,16H2,1-5H3/b13-12+. The molecule has 0 aromatic heterocycles. The lowest BCUT2D eigenvalue weighted by molar-refractivity contribution is -0.148. The predicted molar refractivity (Wildman–Crippen MR) is 111 cm³/mol. The van der Waals surface area contributed by atoms with E-state index in [9.17, 15) is 9.59 Å². The number of esters is 2. The number of aryl methyl sites for hydroxylation is 2. The van der Waals surface area contributed by atoms with Crippen LogP contribution in [0.5, 0.6) is 0 Å². The fraction of sp³-hybridized carbons (Fsp3) is 0.333. The maximum Gasteiger partial charge on any atom is 0.338 e. The van der Waals surface area contributed by atoms with E-state index < -0.39 is 5.60 Å². The molecular formula is C24H28O4. The Balaban J connectivity index is 2.16. The van der Waals surface area contributed by atoms with Crippen LogP contribution in [0.1, 0.15) is 60.3 Å². The highest BCUT2D eigenvalue weighted by Gasteiger charge is 2.15. The van der Waals surface area contributed by atoms with E-state index in [1.807, 2.05) is 71.0 Å². The van der Waals surface area contributed by atoms with Crippen LogP contribution in [0.4, 0.5) is 0 Å². The Labute approximate surface area is 167 Å². The van der Waals surface area contributed by atoms with Gasteiger partial charge >= 0.3 is 11.9 Å². The van der Waals surface area contributed by atoms with E-state index in [2.05, 4.69) is 0 Å². The van der Waals surface area contributed by atoms with Gasteiger partial charge in [-0.15, -0.1) is 0 Å². The van der Waals surface area contributed by atoms with Gasteiger partial charge in [0, 0.05) is 6.08 Å². The first-order valence-corrected chi connectivity index (χ1v) is 9.45. The summed E-state index contributed by atoms with van der Waals surface area (Å²) in [5.74, 6) is -0.746. The van der Waals surface area contributed by atoms with E-state index in [-0.39, 0.29) is 18.5 Å². The summed E-state index contributed by atoms with van der Waals surface area (Å²) < 4.78 is 10.7. The minimum absolute atomic E-state index is 0.237. The van der Waals surface area contributed by atoms with Crippen LogP contribution in [0.15, 0.2) is 48.5 Å². The lowest BCUT2D eigenvalue weighted by atomic mass is 9.96. The summed E-state index contributed by atoms with van der Waals surface area (Å²) in [5.41, 5.74) is 3.74. The van der Waals surface area contributed by atoms with Gasteiger partial charge in [0.1, 0.15) is 12.2 Å². The molecule has 0 amide bonds. The second-order valence-electron chi connectivity index (χ2n) is 7.65. The normalized spacial score (nSPS) is 11.5. The Morgan fingerprint density at radius 3 is 2.36 bits per heavy atom. The molecule has 2 aromatic carbocycles. The van der Waals surface area contributed by atoms with Gasteiger partial charge in [-0.05, 0) is 74.6 Å². The topological polar surface area (TPSA) is 52.6 Å². The van der Waals surface area contributed by atoms with Crippen LogP contribution in [0.3, 0.4) is 0 Å². The number of rotatable bonds is 6. The quantitative estimate of drug-likeness (QED) is 0.506. The molecule has 0 saturated heterocycles.